The smallest absolute Gasteiger partial charge is 0.317 e. The van der Waals surface area contributed by atoms with Crippen LogP contribution in [0.25, 0.3) is 11.1 Å². The largest absolute Gasteiger partial charge is 0.488 e. The standard InChI is InChI=1S/C35H38N2O4/c1-4-37(35(39)36-23-27-12-8-6-9-13-27)24-30-20-26(3)16-18-31(30)32-21-29(22-34(38)40-5-2)17-19-33(32)41-25-28-14-10-7-11-15-28/h6-21H,4-5,22-25H2,1-3H3,(H,36,39). The van der Waals surface area contributed by atoms with Crippen molar-refractivity contribution in [3.8, 4) is 16.9 Å². The molecule has 4 rings (SSSR count). The van der Waals surface area contributed by atoms with Gasteiger partial charge in [0.15, 0.2) is 0 Å². The molecule has 0 atom stereocenters. The molecule has 0 aliphatic heterocycles. The molecular formula is C35H38N2O4. The number of rotatable bonds is 12. The second kappa shape index (κ2) is 14.7. The molecule has 0 heterocycles. The Morgan fingerprint density at radius 1 is 0.780 bits per heavy atom. The first-order valence-corrected chi connectivity index (χ1v) is 14.1. The highest BCUT2D eigenvalue weighted by Gasteiger charge is 2.18. The number of hydrogen-bond acceptors (Lipinski definition) is 4. The monoisotopic (exact) mass is 550 g/mol. The van der Waals surface area contributed by atoms with E-state index < -0.39 is 0 Å². The minimum atomic E-state index is -0.271. The van der Waals surface area contributed by atoms with Crippen LogP contribution < -0.4 is 10.1 Å². The lowest BCUT2D eigenvalue weighted by Crippen LogP contribution is -2.39. The molecule has 0 saturated heterocycles. The van der Waals surface area contributed by atoms with Gasteiger partial charge in [0, 0.05) is 25.2 Å². The SMILES string of the molecule is CCOC(=O)Cc1ccc(OCc2ccccc2)c(-c2ccc(C)cc2CN(CC)C(=O)NCc2ccccc2)c1. The minimum Gasteiger partial charge on any atom is -0.488 e. The number of esters is 1. The van der Waals surface area contributed by atoms with Gasteiger partial charge >= 0.3 is 12.0 Å². The number of hydrogen-bond donors (Lipinski definition) is 1. The van der Waals surface area contributed by atoms with Gasteiger partial charge in [-0.15, -0.1) is 0 Å². The van der Waals surface area contributed by atoms with Gasteiger partial charge in [-0.2, -0.15) is 0 Å². The number of benzene rings is 4. The fourth-order valence-corrected chi connectivity index (χ4v) is 4.67. The van der Waals surface area contributed by atoms with Gasteiger partial charge in [0.1, 0.15) is 12.4 Å². The van der Waals surface area contributed by atoms with E-state index in [-0.39, 0.29) is 18.4 Å². The summed E-state index contributed by atoms with van der Waals surface area (Å²) in [5, 5.41) is 3.05. The molecule has 0 saturated carbocycles. The Morgan fingerprint density at radius 3 is 2.17 bits per heavy atom. The molecule has 0 unspecified atom stereocenters. The van der Waals surface area contributed by atoms with Gasteiger partial charge in [0.2, 0.25) is 0 Å². The Balaban J connectivity index is 1.64. The summed E-state index contributed by atoms with van der Waals surface area (Å²) in [5.74, 6) is 0.441. The van der Waals surface area contributed by atoms with Gasteiger partial charge in [-0.25, -0.2) is 4.79 Å². The fourth-order valence-electron chi connectivity index (χ4n) is 4.67. The van der Waals surface area contributed by atoms with Gasteiger partial charge in [-0.05, 0) is 60.7 Å². The van der Waals surface area contributed by atoms with Crippen LogP contribution in [0.1, 0.15) is 41.7 Å². The summed E-state index contributed by atoms with van der Waals surface area (Å²) in [6.45, 7) is 8.01. The number of carbonyl (C=O) groups is 2. The molecule has 41 heavy (non-hydrogen) atoms. The number of nitrogens with zero attached hydrogens (tertiary/aromatic N) is 1. The molecule has 4 aromatic carbocycles. The molecule has 212 valence electrons. The maximum Gasteiger partial charge on any atom is 0.317 e. The van der Waals surface area contributed by atoms with Crippen molar-refractivity contribution in [1.29, 1.82) is 0 Å². The van der Waals surface area contributed by atoms with Gasteiger partial charge in [0.25, 0.3) is 0 Å². The van der Waals surface area contributed by atoms with Crippen LogP contribution in [0, 0.1) is 6.92 Å². The maximum atomic E-state index is 13.2. The highest BCUT2D eigenvalue weighted by Crippen LogP contribution is 2.35. The molecule has 6 heteroatoms. The fraction of sp³-hybridized carbons (Fsp3) is 0.257. The van der Waals surface area contributed by atoms with Crippen LogP contribution in [0.15, 0.2) is 97.1 Å². The summed E-state index contributed by atoms with van der Waals surface area (Å²) >= 11 is 0. The molecular weight excluding hydrogens is 512 g/mol. The summed E-state index contributed by atoms with van der Waals surface area (Å²) in [6.07, 6.45) is 0.171. The summed E-state index contributed by atoms with van der Waals surface area (Å²) in [6, 6.07) is 31.8. The predicted octanol–water partition coefficient (Wildman–Crippen LogP) is 7.08. The first-order chi connectivity index (χ1) is 20.0. The van der Waals surface area contributed by atoms with E-state index in [0.717, 1.165) is 38.9 Å². The average molecular weight is 551 g/mol. The normalized spacial score (nSPS) is 10.6. The highest BCUT2D eigenvalue weighted by atomic mass is 16.5. The molecule has 0 radical (unpaired) electrons. The lowest BCUT2D eigenvalue weighted by molar-refractivity contribution is -0.142. The van der Waals surface area contributed by atoms with Crippen LogP contribution in [0.5, 0.6) is 5.75 Å². The number of ether oxygens (including phenoxy) is 2. The van der Waals surface area contributed by atoms with Crippen molar-refractivity contribution in [2.24, 2.45) is 0 Å². The lowest BCUT2D eigenvalue weighted by Gasteiger charge is -2.24. The molecule has 0 aliphatic rings. The van der Waals surface area contributed by atoms with Crippen LogP contribution in [0.2, 0.25) is 0 Å². The van der Waals surface area contributed by atoms with Crippen LogP contribution in [0.3, 0.4) is 0 Å². The van der Waals surface area contributed by atoms with Crippen LogP contribution in [-0.2, 0) is 35.6 Å². The van der Waals surface area contributed by atoms with Gasteiger partial charge < -0.3 is 19.7 Å². The topological polar surface area (TPSA) is 67.9 Å². The van der Waals surface area contributed by atoms with E-state index in [2.05, 4.69) is 23.5 Å². The van der Waals surface area contributed by atoms with E-state index in [1.807, 2.05) is 92.7 Å². The molecule has 0 aromatic heterocycles. The predicted molar refractivity (Wildman–Crippen MR) is 162 cm³/mol. The van der Waals surface area contributed by atoms with Crippen molar-refractivity contribution in [3.63, 3.8) is 0 Å². The van der Waals surface area contributed by atoms with Crippen LogP contribution in [0.4, 0.5) is 4.79 Å². The van der Waals surface area contributed by atoms with E-state index in [9.17, 15) is 9.59 Å². The maximum absolute atomic E-state index is 13.2. The van der Waals surface area contributed by atoms with Gasteiger partial charge in [0.05, 0.1) is 13.0 Å². The Hall–Kier alpha value is -4.58. The molecule has 0 spiro atoms. The highest BCUT2D eigenvalue weighted by molar-refractivity contribution is 5.79. The van der Waals surface area contributed by atoms with Gasteiger partial charge in [-0.3, -0.25) is 4.79 Å². The quantitative estimate of drug-likeness (QED) is 0.192. The third-order valence-electron chi connectivity index (χ3n) is 6.80. The van der Waals surface area contributed by atoms with Crippen molar-refractivity contribution >= 4 is 12.0 Å². The van der Waals surface area contributed by atoms with E-state index in [1.54, 1.807) is 11.8 Å². The summed E-state index contributed by atoms with van der Waals surface area (Å²) in [5.41, 5.74) is 6.87. The Kier molecular flexibility index (Phi) is 10.5. The molecule has 0 fully saturated rings. The summed E-state index contributed by atoms with van der Waals surface area (Å²) < 4.78 is 11.5. The van der Waals surface area contributed by atoms with Crippen LogP contribution >= 0.6 is 0 Å². The average Bonchev–Trinajstić information content (AvgIpc) is 2.99. The lowest BCUT2D eigenvalue weighted by atomic mass is 9.94. The second-order valence-corrected chi connectivity index (χ2v) is 9.91. The van der Waals surface area contributed by atoms with E-state index in [1.165, 1.54) is 0 Å². The first kappa shape index (κ1) is 29.4. The number of carbonyl (C=O) groups excluding carboxylic acids is 2. The zero-order valence-electron chi connectivity index (χ0n) is 24.1. The van der Waals surface area contributed by atoms with Crippen molar-refractivity contribution in [2.45, 2.75) is 46.9 Å². The van der Waals surface area contributed by atoms with Crippen molar-refractivity contribution in [1.82, 2.24) is 10.2 Å². The van der Waals surface area contributed by atoms with Gasteiger partial charge in [-0.1, -0.05) is 90.5 Å². The molecule has 6 nitrogen and oxygen atoms in total. The Labute approximate surface area is 242 Å². The number of amides is 2. The molecule has 0 aliphatic carbocycles. The molecule has 0 bridgehead atoms. The number of nitrogens with one attached hydrogen (secondary N) is 1. The van der Waals surface area contributed by atoms with E-state index in [0.29, 0.717) is 38.6 Å². The summed E-state index contributed by atoms with van der Waals surface area (Å²) in [4.78, 5) is 27.3. The number of urea groups is 1. The van der Waals surface area contributed by atoms with Crippen molar-refractivity contribution < 1.29 is 19.1 Å². The number of aryl methyl sites for hydroxylation is 1. The zero-order valence-corrected chi connectivity index (χ0v) is 24.1. The Bertz CT molecular complexity index is 1440. The Morgan fingerprint density at radius 2 is 1.49 bits per heavy atom. The van der Waals surface area contributed by atoms with E-state index >= 15 is 0 Å². The molecule has 2 amide bonds. The zero-order chi connectivity index (χ0) is 29.0. The third kappa shape index (κ3) is 8.45. The molecule has 4 aromatic rings. The minimum absolute atomic E-state index is 0.125. The van der Waals surface area contributed by atoms with Crippen molar-refractivity contribution in [2.75, 3.05) is 13.2 Å². The third-order valence-corrected chi connectivity index (χ3v) is 6.80. The van der Waals surface area contributed by atoms with Crippen molar-refractivity contribution in [3.05, 3.63) is 125 Å². The second-order valence-electron chi connectivity index (χ2n) is 9.91. The first-order valence-electron chi connectivity index (χ1n) is 14.1. The summed E-state index contributed by atoms with van der Waals surface area (Å²) in [7, 11) is 0. The van der Waals surface area contributed by atoms with E-state index in [4.69, 9.17) is 9.47 Å². The van der Waals surface area contributed by atoms with Crippen LogP contribution in [-0.4, -0.2) is 30.1 Å². The molecule has 1 N–H and O–H groups in total.